The molecular formula is C27H27N3O5. The van der Waals surface area contributed by atoms with Crippen LogP contribution in [0.4, 0.5) is 0 Å². The second-order valence-electron chi connectivity index (χ2n) is 9.38. The highest BCUT2D eigenvalue weighted by molar-refractivity contribution is 6.14. The SMILES string of the molecule is COc1cc(-c2c3oc4cc(=O)ccc4c3[nH]c3c2c(=O)[nH]n3C2CCCCCCC2)ccc1O. The molecule has 0 radical (unpaired) electrons. The number of aromatic amines is 2. The smallest absolute Gasteiger partial charge is 0.274 e. The summed E-state index contributed by atoms with van der Waals surface area (Å²) in [6.45, 7) is 0. The van der Waals surface area contributed by atoms with Crippen molar-refractivity contribution in [2.75, 3.05) is 7.11 Å². The Balaban J connectivity index is 1.71. The highest BCUT2D eigenvalue weighted by atomic mass is 16.5. The van der Waals surface area contributed by atoms with Crippen LogP contribution in [-0.2, 0) is 0 Å². The third kappa shape index (κ3) is 3.51. The Morgan fingerprint density at radius 1 is 1.03 bits per heavy atom. The Morgan fingerprint density at radius 3 is 2.57 bits per heavy atom. The number of phenolic OH excluding ortho intramolecular Hbond substituents is 1. The molecule has 3 heterocycles. The fourth-order valence-electron chi connectivity index (χ4n) is 5.49. The molecule has 8 heteroatoms. The molecule has 1 aliphatic rings. The molecule has 0 unspecified atom stereocenters. The van der Waals surface area contributed by atoms with E-state index < -0.39 is 0 Å². The van der Waals surface area contributed by atoms with Crippen LogP contribution in [0.3, 0.4) is 0 Å². The Morgan fingerprint density at radius 2 is 1.80 bits per heavy atom. The zero-order valence-electron chi connectivity index (χ0n) is 19.5. The number of aromatic hydroxyl groups is 1. The summed E-state index contributed by atoms with van der Waals surface area (Å²) in [5, 5.41) is 14.5. The average molecular weight is 474 g/mol. The maximum Gasteiger partial charge on any atom is 0.274 e. The second kappa shape index (κ2) is 8.37. The first-order valence-corrected chi connectivity index (χ1v) is 12.2. The number of pyridine rings is 1. The van der Waals surface area contributed by atoms with Crippen LogP contribution < -0.4 is 15.7 Å². The van der Waals surface area contributed by atoms with E-state index in [2.05, 4.69) is 10.1 Å². The van der Waals surface area contributed by atoms with Crippen LogP contribution in [0.25, 0.3) is 44.2 Å². The number of H-pyrrole nitrogens is 2. The maximum absolute atomic E-state index is 13.5. The Kier molecular flexibility index (Phi) is 5.16. The molecule has 0 aliphatic heterocycles. The molecule has 3 N–H and O–H groups in total. The van der Waals surface area contributed by atoms with Gasteiger partial charge in [-0.05, 0) is 42.7 Å². The lowest BCUT2D eigenvalue weighted by molar-refractivity contribution is 0.353. The third-order valence-corrected chi connectivity index (χ3v) is 7.22. The summed E-state index contributed by atoms with van der Waals surface area (Å²) in [4.78, 5) is 29.0. The maximum atomic E-state index is 13.5. The van der Waals surface area contributed by atoms with Gasteiger partial charge in [-0.3, -0.25) is 19.4 Å². The quantitative estimate of drug-likeness (QED) is 0.316. The summed E-state index contributed by atoms with van der Waals surface area (Å²) in [6, 6.07) is 9.88. The number of nitrogens with one attached hydrogen (secondary N) is 2. The number of phenols is 1. The molecule has 180 valence electrons. The van der Waals surface area contributed by atoms with Gasteiger partial charge in [-0.25, -0.2) is 0 Å². The molecule has 3 aromatic heterocycles. The molecule has 0 amide bonds. The van der Waals surface area contributed by atoms with Crippen molar-refractivity contribution in [1.29, 1.82) is 0 Å². The molecule has 8 nitrogen and oxygen atoms in total. The Labute approximate surface area is 200 Å². The first-order valence-electron chi connectivity index (χ1n) is 12.2. The number of aromatic nitrogens is 3. The fourth-order valence-corrected chi connectivity index (χ4v) is 5.49. The van der Waals surface area contributed by atoms with Gasteiger partial charge in [0.15, 0.2) is 22.5 Å². The predicted molar refractivity (Wildman–Crippen MR) is 135 cm³/mol. The van der Waals surface area contributed by atoms with Gasteiger partial charge in [0.1, 0.15) is 11.2 Å². The van der Waals surface area contributed by atoms with E-state index in [-0.39, 0.29) is 22.8 Å². The van der Waals surface area contributed by atoms with Crippen molar-refractivity contribution in [3.05, 3.63) is 57.0 Å². The summed E-state index contributed by atoms with van der Waals surface area (Å²) >= 11 is 0. The molecule has 1 saturated carbocycles. The minimum atomic E-state index is -0.216. The number of benzene rings is 2. The molecular weight excluding hydrogens is 446 g/mol. The Bertz CT molecular complexity index is 1680. The van der Waals surface area contributed by atoms with E-state index >= 15 is 0 Å². The van der Waals surface area contributed by atoms with Crippen molar-refractivity contribution >= 4 is 33.1 Å². The van der Waals surface area contributed by atoms with Crippen LogP contribution in [0.5, 0.6) is 11.5 Å². The number of ether oxygens (including phenoxy) is 1. The lowest BCUT2D eigenvalue weighted by atomic mass is 9.96. The van der Waals surface area contributed by atoms with Gasteiger partial charge < -0.3 is 19.2 Å². The van der Waals surface area contributed by atoms with E-state index in [4.69, 9.17) is 9.15 Å². The van der Waals surface area contributed by atoms with Crippen LogP contribution >= 0.6 is 0 Å². The molecule has 1 fully saturated rings. The van der Waals surface area contributed by atoms with E-state index in [1.54, 1.807) is 24.3 Å². The van der Waals surface area contributed by atoms with Gasteiger partial charge in [-0.15, -0.1) is 0 Å². The molecule has 5 aromatic rings. The van der Waals surface area contributed by atoms with Crippen LogP contribution in [0, 0.1) is 0 Å². The van der Waals surface area contributed by atoms with Gasteiger partial charge >= 0.3 is 0 Å². The van der Waals surface area contributed by atoms with E-state index in [9.17, 15) is 14.7 Å². The minimum Gasteiger partial charge on any atom is -0.504 e. The van der Waals surface area contributed by atoms with Crippen molar-refractivity contribution in [3.8, 4) is 22.6 Å². The number of nitrogens with zero attached hydrogens (tertiary/aromatic N) is 1. The summed E-state index contributed by atoms with van der Waals surface area (Å²) in [6.07, 6.45) is 7.92. The highest BCUT2D eigenvalue weighted by Crippen LogP contribution is 2.41. The molecule has 0 saturated heterocycles. The van der Waals surface area contributed by atoms with Crippen molar-refractivity contribution in [3.63, 3.8) is 0 Å². The normalized spacial score (nSPS) is 15.6. The lowest BCUT2D eigenvalue weighted by Crippen LogP contribution is -2.15. The van der Waals surface area contributed by atoms with Crippen LogP contribution in [0.15, 0.2) is 50.4 Å². The number of fused-ring (bicyclic) bond motifs is 4. The largest absolute Gasteiger partial charge is 0.504 e. The standard InChI is InChI=1S/C27H27N3O5/c1-34-21-13-15(9-12-19(21)32)22-23-26(28-24-18-11-10-17(31)14-20(18)35-25(22)24)30(29-27(23)33)16-7-5-3-2-4-6-8-16/h9-14,16,28,32H,2-8H2,1H3,(H,29,33). The van der Waals surface area contributed by atoms with Crippen LogP contribution in [0.2, 0.25) is 0 Å². The van der Waals surface area contributed by atoms with Crippen LogP contribution in [0.1, 0.15) is 51.0 Å². The highest BCUT2D eigenvalue weighted by Gasteiger charge is 2.25. The number of hydrogen-bond acceptors (Lipinski definition) is 5. The van der Waals surface area contributed by atoms with Crippen molar-refractivity contribution in [2.45, 2.75) is 51.0 Å². The number of hydrogen-bond donors (Lipinski definition) is 3. The number of methoxy groups -OCH3 is 1. The number of rotatable bonds is 3. The first kappa shape index (κ1) is 21.6. The molecule has 1 aliphatic carbocycles. The lowest BCUT2D eigenvalue weighted by Gasteiger charge is -2.21. The van der Waals surface area contributed by atoms with E-state index in [1.165, 1.54) is 38.5 Å². The zero-order chi connectivity index (χ0) is 24.1. The van der Waals surface area contributed by atoms with E-state index in [0.29, 0.717) is 44.6 Å². The van der Waals surface area contributed by atoms with Gasteiger partial charge in [0.2, 0.25) is 0 Å². The van der Waals surface area contributed by atoms with Gasteiger partial charge in [-0.1, -0.05) is 38.2 Å². The average Bonchev–Trinajstić information content (AvgIpc) is 3.35. The molecule has 6 rings (SSSR count). The molecule has 0 atom stereocenters. The van der Waals surface area contributed by atoms with Gasteiger partial charge in [0.05, 0.1) is 24.1 Å². The zero-order valence-corrected chi connectivity index (χ0v) is 19.5. The summed E-state index contributed by atoms with van der Waals surface area (Å²) in [5.41, 5.74) is 3.26. The van der Waals surface area contributed by atoms with E-state index in [0.717, 1.165) is 31.1 Å². The summed E-state index contributed by atoms with van der Waals surface area (Å²) in [7, 11) is 1.48. The van der Waals surface area contributed by atoms with Crippen molar-refractivity contribution in [1.82, 2.24) is 14.8 Å². The van der Waals surface area contributed by atoms with E-state index in [1.807, 2.05) is 4.68 Å². The first-order chi connectivity index (χ1) is 17.0. The summed E-state index contributed by atoms with van der Waals surface area (Å²) < 4.78 is 13.5. The molecule has 0 spiro atoms. The van der Waals surface area contributed by atoms with Crippen LogP contribution in [-0.4, -0.2) is 27.0 Å². The summed E-state index contributed by atoms with van der Waals surface area (Å²) in [5.74, 6) is 0.304. The number of furan rings is 1. The van der Waals surface area contributed by atoms with Crippen molar-refractivity contribution in [2.24, 2.45) is 0 Å². The predicted octanol–water partition coefficient (Wildman–Crippen LogP) is 5.58. The molecule has 0 bridgehead atoms. The Hall–Kier alpha value is -3.94. The minimum absolute atomic E-state index is 0.00725. The second-order valence-corrected chi connectivity index (χ2v) is 9.38. The van der Waals surface area contributed by atoms with Gasteiger partial charge in [0, 0.05) is 17.0 Å². The monoisotopic (exact) mass is 473 g/mol. The van der Waals surface area contributed by atoms with Gasteiger partial charge in [-0.2, -0.15) is 0 Å². The molecule has 35 heavy (non-hydrogen) atoms. The third-order valence-electron chi connectivity index (χ3n) is 7.22. The van der Waals surface area contributed by atoms with Gasteiger partial charge in [0.25, 0.3) is 5.56 Å². The molecule has 2 aromatic carbocycles. The fraction of sp³-hybridized carbons (Fsp3) is 0.333. The van der Waals surface area contributed by atoms with Crippen molar-refractivity contribution < 1.29 is 14.3 Å². The topological polar surface area (TPSA) is 113 Å².